The predicted molar refractivity (Wildman–Crippen MR) is 78.3 cm³/mol. The molecule has 0 saturated heterocycles. The largest absolute Gasteiger partial charge is 0.255 e. The maximum absolute atomic E-state index is 3.17. The molecule has 0 radical (unpaired) electrons. The minimum atomic E-state index is 1.18. The van der Waals surface area contributed by atoms with Gasteiger partial charge in [-0.25, -0.2) is 9.55 Å². The first-order valence-electron chi connectivity index (χ1n) is 7.56. The first kappa shape index (κ1) is 15.0. The summed E-state index contributed by atoms with van der Waals surface area (Å²) in [6, 6.07) is 0. The third kappa shape index (κ3) is 6.63. The molecule has 0 bridgehead atoms. The molecular weight excluding hydrogens is 220 g/mol. The molecule has 1 aromatic rings. The molecule has 1 N–H and O–H groups in total. The SMILES string of the molecule is CCCCCCCCCCC=C[n+]1cc[nH]c1C. The summed E-state index contributed by atoms with van der Waals surface area (Å²) in [7, 11) is 0. The fourth-order valence-corrected chi connectivity index (χ4v) is 2.17. The van der Waals surface area contributed by atoms with Crippen LogP contribution in [0.15, 0.2) is 18.5 Å². The Kier molecular flexibility index (Phi) is 8.28. The van der Waals surface area contributed by atoms with Gasteiger partial charge in [-0.3, -0.25) is 0 Å². The number of H-pyrrole nitrogens is 1. The van der Waals surface area contributed by atoms with Gasteiger partial charge >= 0.3 is 0 Å². The van der Waals surface area contributed by atoms with Crippen LogP contribution in [0.25, 0.3) is 6.20 Å². The van der Waals surface area contributed by atoms with Gasteiger partial charge in [-0.05, 0) is 18.9 Å². The number of imidazole rings is 1. The van der Waals surface area contributed by atoms with Gasteiger partial charge < -0.3 is 0 Å². The van der Waals surface area contributed by atoms with E-state index in [-0.39, 0.29) is 0 Å². The molecule has 0 spiro atoms. The lowest BCUT2D eigenvalue weighted by atomic mass is 10.1. The van der Waals surface area contributed by atoms with Gasteiger partial charge in [0.1, 0.15) is 12.4 Å². The average Bonchev–Trinajstić information content (AvgIpc) is 2.77. The third-order valence-corrected chi connectivity index (χ3v) is 3.41. The van der Waals surface area contributed by atoms with E-state index in [0.717, 1.165) is 0 Å². The molecule has 0 saturated carbocycles. The molecule has 0 aliphatic carbocycles. The lowest BCUT2D eigenvalue weighted by Gasteiger charge is -1.99. The summed E-state index contributed by atoms with van der Waals surface area (Å²) in [6.07, 6.45) is 20.8. The fraction of sp³-hybridized carbons (Fsp3) is 0.688. The molecule has 0 fully saturated rings. The summed E-state index contributed by atoms with van der Waals surface area (Å²) in [5.41, 5.74) is 0. The molecule has 0 amide bonds. The van der Waals surface area contributed by atoms with Crippen molar-refractivity contribution in [2.75, 3.05) is 0 Å². The zero-order valence-electron chi connectivity index (χ0n) is 12.1. The maximum atomic E-state index is 3.17. The quantitative estimate of drug-likeness (QED) is 0.461. The third-order valence-electron chi connectivity index (χ3n) is 3.41. The molecule has 1 rings (SSSR count). The molecule has 0 atom stereocenters. The summed E-state index contributed by atoms with van der Waals surface area (Å²) >= 11 is 0. The van der Waals surface area contributed by atoms with Crippen LogP contribution in [0.2, 0.25) is 0 Å². The van der Waals surface area contributed by atoms with Gasteiger partial charge in [0.2, 0.25) is 0 Å². The van der Waals surface area contributed by atoms with E-state index in [1.54, 1.807) is 0 Å². The number of aryl methyl sites for hydroxylation is 1. The highest BCUT2D eigenvalue weighted by Crippen LogP contribution is 2.09. The van der Waals surface area contributed by atoms with Crippen LogP contribution in [-0.4, -0.2) is 4.98 Å². The minimum Gasteiger partial charge on any atom is -0.247 e. The number of aromatic nitrogens is 2. The number of hydrogen-bond donors (Lipinski definition) is 1. The summed E-state index contributed by atoms with van der Waals surface area (Å²) < 4.78 is 2.13. The van der Waals surface area contributed by atoms with Crippen LogP contribution >= 0.6 is 0 Å². The van der Waals surface area contributed by atoms with Gasteiger partial charge in [0.15, 0.2) is 0 Å². The van der Waals surface area contributed by atoms with Crippen molar-refractivity contribution < 1.29 is 4.57 Å². The predicted octanol–water partition coefficient (Wildman–Crippen LogP) is 4.61. The Morgan fingerprint density at radius 2 is 1.72 bits per heavy atom. The average molecular weight is 249 g/mol. The van der Waals surface area contributed by atoms with Gasteiger partial charge in [0, 0.05) is 6.92 Å². The van der Waals surface area contributed by atoms with Crippen molar-refractivity contribution in [1.29, 1.82) is 0 Å². The molecular formula is C16H29N2+. The lowest BCUT2D eigenvalue weighted by molar-refractivity contribution is -0.574. The number of unbranched alkanes of at least 4 members (excludes halogenated alkanes) is 8. The molecule has 1 aromatic heterocycles. The first-order chi connectivity index (χ1) is 8.84. The highest BCUT2D eigenvalue weighted by molar-refractivity contribution is 5.06. The molecule has 0 aliphatic heterocycles. The van der Waals surface area contributed by atoms with Gasteiger partial charge in [-0.15, -0.1) is 0 Å². The van der Waals surface area contributed by atoms with Crippen molar-refractivity contribution in [3.8, 4) is 0 Å². The van der Waals surface area contributed by atoms with Crippen molar-refractivity contribution in [1.82, 2.24) is 4.98 Å². The van der Waals surface area contributed by atoms with Crippen LogP contribution < -0.4 is 4.57 Å². The molecule has 18 heavy (non-hydrogen) atoms. The smallest absolute Gasteiger partial charge is 0.247 e. The number of hydrogen-bond acceptors (Lipinski definition) is 0. The van der Waals surface area contributed by atoms with Crippen LogP contribution in [-0.2, 0) is 0 Å². The van der Waals surface area contributed by atoms with Crippen LogP contribution in [0.4, 0.5) is 0 Å². The van der Waals surface area contributed by atoms with Crippen molar-refractivity contribution in [3.63, 3.8) is 0 Å². The van der Waals surface area contributed by atoms with E-state index >= 15 is 0 Å². The zero-order chi connectivity index (χ0) is 13.1. The number of nitrogens with one attached hydrogen (secondary N) is 1. The van der Waals surface area contributed by atoms with E-state index in [0.29, 0.717) is 0 Å². The Labute approximate surface area is 112 Å². The monoisotopic (exact) mass is 249 g/mol. The first-order valence-corrected chi connectivity index (χ1v) is 7.56. The fourth-order valence-electron chi connectivity index (χ4n) is 2.17. The lowest BCUT2D eigenvalue weighted by Crippen LogP contribution is -2.26. The number of allylic oxidation sites excluding steroid dienone is 1. The number of nitrogens with zero attached hydrogens (tertiary/aromatic N) is 1. The van der Waals surface area contributed by atoms with Crippen molar-refractivity contribution in [3.05, 3.63) is 24.3 Å². The van der Waals surface area contributed by atoms with E-state index in [1.807, 2.05) is 6.20 Å². The molecule has 102 valence electrons. The molecule has 0 unspecified atom stereocenters. The van der Waals surface area contributed by atoms with E-state index in [9.17, 15) is 0 Å². The van der Waals surface area contributed by atoms with Crippen LogP contribution in [0.1, 0.15) is 70.5 Å². The van der Waals surface area contributed by atoms with Crippen molar-refractivity contribution >= 4 is 6.20 Å². The van der Waals surface area contributed by atoms with Crippen molar-refractivity contribution in [2.24, 2.45) is 0 Å². The highest BCUT2D eigenvalue weighted by Gasteiger charge is 1.98. The van der Waals surface area contributed by atoms with Crippen LogP contribution in [0, 0.1) is 6.92 Å². The van der Waals surface area contributed by atoms with Gasteiger partial charge in [0.05, 0.1) is 6.20 Å². The van der Waals surface area contributed by atoms with E-state index in [2.05, 4.69) is 41.9 Å². The second-order valence-corrected chi connectivity index (χ2v) is 5.10. The Balaban J connectivity index is 1.93. The Morgan fingerprint density at radius 1 is 1.06 bits per heavy atom. The van der Waals surface area contributed by atoms with E-state index in [1.165, 1.54) is 63.6 Å². The van der Waals surface area contributed by atoms with Gasteiger partial charge in [-0.1, -0.05) is 51.9 Å². The molecule has 0 aromatic carbocycles. The summed E-state index contributed by atoms with van der Waals surface area (Å²) in [4.78, 5) is 3.17. The van der Waals surface area contributed by atoms with E-state index in [4.69, 9.17) is 0 Å². The molecule has 2 nitrogen and oxygen atoms in total. The second-order valence-electron chi connectivity index (χ2n) is 5.10. The maximum Gasteiger partial charge on any atom is 0.255 e. The van der Waals surface area contributed by atoms with E-state index < -0.39 is 0 Å². The standard InChI is InChI=1S/C16H28N2/c1-3-4-5-6-7-8-9-10-11-12-14-18-15-13-17-16(18)2/h12-15H,3-11H2,1-2H3/p+1. The van der Waals surface area contributed by atoms with Crippen molar-refractivity contribution in [2.45, 2.75) is 71.6 Å². The van der Waals surface area contributed by atoms with Gasteiger partial charge in [0.25, 0.3) is 5.82 Å². The number of aromatic amines is 1. The van der Waals surface area contributed by atoms with Crippen LogP contribution in [0.5, 0.6) is 0 Å². The Hall–Kier alpha value is -1.05. The summed E-state index contributed by atoms with van der Waals surface area (Å²) in [6.45, 7) is 4.36. The van der Waals surface area contributed by atoms with Gasteiger partial charge in [-0.2, -0.15) is 0 Å². The zero-order valence-corrected chi connectivity index (χ0v) is 12.1. The Bertz CT molecular complexity index is 326. The molecule has 0 aliphatic rings. The normalized spacial score (nSPS) is 11.4. The summed E-state index contributed by atoms with van der Waals surface area (Å²) in [5.74, 6) is 1.18. The second kappa shape index (κ2) is 9.93. The summed E-state index contributed by atoms with van der Waals surface area (Å²) in [5, 5.41) is 0. The topological polar surface area (TPSA) is 19.7 Å². The van der Waals surface area contributed by atoms with Crippen LogP contribution in [0.3, 0.4) is 0 Å². The molecule has 1 heterocycles. The highest BCUT2D eigenvalue weighted by atomic mass is 15.0. The Morgan fingerprint density at radius 3 is 2.33 bits per heavy atom. The number of rotatable bonds is 10. The molecule has 2 heteroatoms. The minimum absolute atomic E-state index is 1.18.